The number of nitrogens with zero attached hydrogens (tertiary/aromatic N) is 1. The Bertz CT molecular complexity index is 632. The monoisotopic (exact) mass is 306 g/mol. The van der Waals surface area contributed by atoms with E-state index >= 15 is 0 Å². The van der Waals surface area contributed by atoms with Gasteiger partial charge in [-0.05, 0) is 31.1 Å². The Morgan fingerprint density at radius 3 is 2.82 bits per heavy atom. The SMILES string of the molecule is C=CCc1cn([C@H]2CCC(C(C)C(C)CC)O2)c(=O)[nH]c1=O. The third-order valence-electron chi connectivity index (χ3n) is 4.87. The Hall–Kier alpha value is -1.62. The smallest absolute Gasteiger partial charge is 0.330 e. The lowest BCUT2D eigenvalue weighted by Gasteiger charge is -2.25. The van der Waals surface area contributed by atoms with E-state index in [2.05, 4.69) is 32.3 Å². The van der Waals surface area contributed by atoms with Crippen LogP contribution in [-0.4, -0.2) is 15.7 Å². The van der Waals surface area contributed by atoms with Gasteiger partial charge < -0.3 is 4.74 Å². The lowest BCUT2D eigenvalue weighted by atomic mass is 9.88. The van der Waals surface area contributed by atoms with Crippen molar-refractivity contribution in [2.45, 2.75) is 58.8 Å². The van der Waals surface area contributed by atoms with Crippen LogP contribution in [-0.2, 0) is 11.2 Å². The molecule has 0 bridgehead atoms. The maximum absolute atomic E-state index is 12.1. The van der Waals surface area contributed by atoms with Gasteiger partial charge in [0.1, 0.15) is 6.23 Å². The van der Waals surface area contributed by atoms with Crippen LogP contribution in [0.3, 0.4) is 0 Å². The molecular weight excluding hydrogens is 280 g/mol. The summed E-state index contributed by atoms with van der Waals surface area (Å²) in [6.07, 6.45) is 6.45. The second-order valence-corrected chi connectivity index (χ2v) is 6.26. The van der Waals surface area contributed by atoms with Crippen molar-refractivity contribution in [3.63, 3.8) is 0 Å². The number of aromatic amines is 1. The van der Waals surface area contributed by atoms with E-state index in [4.69, 9.17) is 4.74 Å². The van der Waals surface area contributed by atoms with Gasteiger partial charge in [-0.2, -0.15) is 0 Å². The van der Waals surface area contributed by atoms with Crippen LogP contribution in [0.2, 0.25) is 0 Å². The first-order valence-electron chi connectivity index (χ1n) is 8.08. The van der Waals surface area contributed by atoms with Crippen LogP contribution in [0.4, 0.5) is 0 Å². The fourth-order valence-corrected chi connectivity index (χ4v) is 3.02. The summed E-state index contributed by atoms with van der Waals surface area (Å²) in [5.41, 5.74) is -0.208. The minimum Gasteiger partial charge on any atom is -0.354 e. The molecule has 0 spiro atoms. The molecule has 0 radical (unpaired) electrons. The van der Waals surface area contributed by atoms with Gasteiger partial charge in [-0.15, -0.1) is 6.58 Å². The van der Waals surface area contributed by atoms with Crippen molar-refractivity contribution in [3.8, 4) is 0 Å². The Balaban J connectivity index is 2.20. The maximum Gasteiger partial charge on any atom is 0.330 e. The van der Waals surface area contributed by atoms with E-state index < -0.39 is 5.69 Å². The molecule has 122 valence electrons. The van der Waals surface area contributed by atoms with E-state index in [1.807, 2.05) is 0 Å². The Kier molecular flexibility index (Phi) is 5.40. The number of hydrogen-bond acceptors (Lipinski definition) is 3. The molecule has 2 rings (SSSR count). The molecule has 1 aliphatic rings. The van der Waals surface area contributed by atoms with Crippen molar-refractivity contribution in [2.75, 3.05) is 0 Å². The molecule has 1 aromatic rings. The van der Waals surface area contributed by atoms with Crippen LogP contribution in [0.1, 0.15) is 51.8 Å². The van der Waals surface area contributed by atoms with Crippen LogP contribution in [0, 0.1) is 11.8 Å². The van der Waals surface area contributed by atoms with Crippen LogP contribution < -0.4 is 11.2 Å². The highest BCUT2D eigenvalue weighted by Crippen LogP contribution is 2.34. The van der Waals surface area contributed by atoms with Crippen LogP contribution in [0.15, 0.2) is 28.4 Å². The summed E-state index contributed by atoms with van der Waals surface area (Å²) in [4.78, 5) is 26.2. The quantitative estimate of drug-likeness (QED) is 0.822. The first-order chi connectivity index (χ1) is 10.5. The summed E-state index contributed by atoms with van der Waals surface area (Å²) in [5.74, 6) is 1.05. The van der Waals surface area contributed by atoms with E-state index in [0.29, 0.717) is 23.8 Å². The van der Waals surface area contributed by atoms with E-state index in [0.717, 1.165) is 19.3 Å². The van der Waals surface area contributed by atoms with Crippen molar-refractivity contribution in [1.82, 2.24) is 9.55 Å². The summed E-state index contributed by atoms with van der Waals surface area (Å²) in [5, 5.41) is 0. The molecule has 1 aromatic heterocycles. The zero-order valence-corrected chi connectivity index (χ0v) is 13.7. The summed E-state index contributed by atoms with van der Waals surface area (Å²) >= 11 is 0. The second-order valence-electron chi connectivity index (χ2n) is 6.26. The van der Waals surface area contributed by atoms with E-state index in [-0.39, 0.29) is 17.9 Å². The lowest BCUT2D eigenvalue weighted by molar-refractivity contribution is -0.0350. The van der Waals surface area contributed by atoms with Gasteiger partial charge in [-0.25, -0.2) is 4.79 Å². The third-order valence-corrected chi connectivity index (χ3v) is 4.87. The predicted molar refractivity (Wildman–Crippen MR) is 87.0 cm³/mol. The first kappa shape index (κ1) is 16.7. The average molecular weight is 306 g/mol. The lowest BCUT2D eigenvalue weighted by Crippen LogP contribution is -2.34. The fourth-order valence-electron chi connectivity index (χ4n) is 3.02. The highest BCUT2D eigenvalue weighted by Gasteiger charge is 2.32. The molecule has 2 heterocycles. The van der Waals surface area contributed by atoms with Crippen molar-refractivity contribution in [3.05, 3.63) is 45.3 Å². The number of allylic oxidation sites excluding steroid dienone is 1. The topological polar surface area (TPSA) is 64.1 Å². The highest BCUT2D eigenvalue weighted by molar-refractivity contribution is 5.08. The number of H-pyrrole nitrogens is 1. The Morgan fingerprint density at radius 1 is 1.45 bits per heavy atom. The average Bonchev–Trinajstić information content (AvgIpc) is 2.98. The fraction of sp³-hybridized carbons (Fsp3) is 0.647. The molecule has 0 aliphatic carbocycles. The van der Waals surface area contributed by atoms with Gasteiger partial charge in [-0.1, -0.05) is 33.3 Å². The zero-order valence-electron chi connectivity index (χ0n) is 13.7. The molecule has 4 atom stereocenters. The van der Waals surface area contributed by atoms with Gasteiger partial charge in [-0.3, -0.25) is 14.3 Å². The van der Waals surface area contributed by atoms with Crippen LogP contribution in [0.5, 0.6) is 0 Å². The molecule has 5 heteroatoms. The summed E-state index contributed by atoms with van der Waals surface area (Å²) in [6, 6.07) is 0. The van der Waals surface area contributed by atoms with Gasteiger partial charge in [0.2, 0.25) is 0 Å². The molecule has 1 N–H and O–H groups in total. The number of ether oxygens (including phenoxy) is 1. The summed E-state index contributed by atoms with van der Waals surface area (Å²) in [6.45, 7) is 10.3. The minimum atomic E-state index is -0.403. The van der Waals surface area contributed by atoms with Crippen LogP contribution >= 0.6 is 0 Å². The molecule has 22 heavy (non-hydrogen) atoms. The predicted octanol–water partition coefficient (Wildman–Crippen LogP) is 2.62. The van der Waals surface area contributed by atoms with Gasteiger partial charge in [0.25, 0.3) is 5.56 Å². The van der Waals surface area contributed by atoms with E-state index in [9.17, 15) is 9.59 Å². The molecule has 0 saturated carbocycles. The maximum atomic E-state index is 12.1. The number of aromatic nitrogens is 2. The summed E-state index contributed by atoms with van der Waals surface area (Å²) in [7, 11) is 0. The van der Waals surface area contributed by atoms with E-state index in [1.165, 1.54) is 4.57 Å². The third kappa shape index (κ3) is 3.40. The molecule has 1 saturated heterocycles. The molecule has 0 amide bonds. The Morgan fingerprint density at radius 2 is 2.18 bits per heavy atom. The molecule has 0 aromatic carbocycles. The van der Waals surface area contributed by atoms with Gasteiger partial charge in [0.05, 0.1) is 6.10 Å². The first-order valence-corrected chi connectivity index (χ1v) is 8.08. The van der Waals surface area contributed by atoms with Crippen molar-refractivity contribution in [1.29, 1.82) is 0 Å². The number of rotatable bonds is 6. The number of nitrogens with one attached hydrogen (secondary N) is 1. The zero-order chi connectivity index (χ0) is 16.3. The molecule has 1 aliphatic heterocycles. The van der Waals surface area contributed by atoms with Gasteiger partial charge in [0, 0.05) is 11.8 Å². The van der Waals surface area contributed by atoms with Gasteiger partial charge >= 0.3 is 5.69 Å². The van der Waals surface area contributed by atoms with Gasteiger partial charge in [0.15, 0.2) is 0 Å². The standard InChI is InChI=1S/C17H26N2O3/c1-5-7-13-10-19(17(21)18-16(13)20)15-9-8-14(22-15)12(4)11(3)6-2/h5,10-12,14-15H,1,6-9H2,2-4H3,(H,18,20,21)/t11?,12?,14?,15-/m1/s1. The Labute approximate surface area is 131 Å². The highest BCUT2D eigenvalue weighted by atomic mass is 16.5. The van der Waals surface area contributed by atoms with Crippen molar-refractivity contribution in [2.24, 2.45) is 11.8 Å². The normalized spacial score (nSPS) is 24.1. The molecule has 3 unspecified atom stereocenters. The largest absolute Gasteiger partial charge is 0.354 e. The molecular formula is C17H26N2O3. The molecule has 5 nitrogen and oxygen atoms in total. The molecule has 1 fully saturated rings. The summed E-state index contributed by atoms with van der Waals surface area (Å²) < 4.78 is 7.62. The minimum absolute atomic E-state index is 0.168. The number of hydrogen-bond donors (Lipinski definition) is 1. The van der Waals surface area contributed by atoms with E-state index in [1.54, 1.807) is 12.3 Å². The van der Waals surface area contributed by atoms with Crippen LogP contribution in [0.25, 0.3) is 0 Å². The second kappa shape index (κ2) is 7.09. The van der Waals surface area contributed by atoms with Crippen molar-refractivity contribution >= 4 is 0 Å². The van der Waals surface area contributed by atoms with Crippen molar-refractivity contribution < 1.29 is 4.74 Å².